The van der Waals surface area contributed by atoms with Gasteiger partial charge in [-0.15, -0.1) is 0 Å². The Morgan fingerprint density at radius 1 is 1.24 bits per heavy atom. The summed E-state index contributed by atoms with van der Waals surface area (Å²) in [4.78, 5) is 12.8. The average Bonchev–Trinajstić information content (AvgIpc) is 2.67. The van der Waals surface area contributed by atoms with Gasteiger partial charge in [0.25, 0.3) is 5.69 Å². The van der Waals surface area contributed by atoms with Gasteiger partial charge in [0.15, 0.2) is 5.66 Å². The van der Waals surface area contributed by atoms with Gasteiger partial charge in [0.05, 0.1) is 4.92 Å². The Bertz CT molecular complexity index is 538. The number of rotatable bonds is 3. The summed E-state index contributed by atoms with van der Waals surface area (Å²) in [5.74, 6) is 0. The summed E-state index contributed by atoms with van der Waals surface area (Å²) >= 11 is 0. The first kappa shape index (κ1) is 15.7. The third-order valence-electron chi connectivity index (χ3n) is 4.11. The SMILES string of the molecule is CN1CCN(C)C1(Cc1ccccc1[N+](=O)[O-])C(F)(F)F. The number of hydrogen-bond acceptors (Lipinski definition) is 4. The normalized spacial score (nSPS) is 19.9. The lowest BCUT2D eigenvalue weighted by atomic mass is 9.96. The second kappa shape index (κ2) is 5.27. The van der Waals surface area contributed by atoms with Gasteiger partial charge in [0, 0.05) is 31.1 Å². The summed E-state index contributed by atoms with van der Waals surface area (Å²) in [5, 5.41) is 11.0. The van der Waals surface area contributed by atoms with Crippen LogP contribution in [0.1, 0.15) is 5.56 Å². The van der Waals surface area contributed by atoms with E-state index in [0.717, 1.165) is 0 Å². The molecule has 2 rings (SSSR count). The van der Waals surface area contributed by atoms with Gasteiger partial charge in [-0.25, -0.2) is 0 Å². The number of nitro groups is 1. The molecule has 0 aromatic heterocycles. The molecule has 1 aromatic rings. The third-order valence-corrected chi connectivity index (χ3v) is 4.11. The fourth-order valence-corrected chi connectivity index (χ4v) is 2.87. The largest absolute Gasteiger partial charge is 0.420 e. The third kappa shape index (κ3) is 2.49. The summed E-state index contributed by atoms with van der Waals surface area (Å²) in [6.07, 6.45) is -4.99. The highest BCUT2D eigenvalue weighted by atomic mass is 19.4. The molecule has 0 radical (unpaired) electrons. The first-order valence-electron chi connectivity index (χ1n) is 6.41. The quantitative estimate of drug-likeness (QED) is 0.635. The Labute approximate surface area is 120 Å². The fourth-order valence-electron chi connectivity index (χ4n) is 2.87. The van der Waals surface area contributed by atoms with Crippen LogP contribution in [0.3, 0.4) is 0 Å². The monoisotopic (exact) mass is 303 g/mol. The van der Waals surface area contributed by atoms with Crippen LogP contribution in [0.2, 0.25) is 0 Å². The van der Waals surface area contributed by atoms with Gasteiger partial charge in [-0.05, 0) is 14.1 Å². The van der Waals surface area contributed by atoms with Crippen LogP contribution in [0.25, 0.3) is 0 Å². The number of para-hydroxylation sites is 1. The lowest BCUT2D eigenvalue weighted by Gasteiger charge is -2.42. The van der Waals surface area contributed by atoms with E-state index >= 15 is 0 Å². The number of likely N-dealkylation sites (N-methyl/N-ethyl adjacent to an activating group) is 2. The van der Waals surface area contributed by atoms with Crippen LogP contribution in [-0.4, -0.2) is 53.7 Å². The summed E-state index contributed by atoms with van der Waals surface area (Å²) in [5.41, 5.74) is -2.41. The first-order chi connectivity index (χ1) is 9.70. The standard InChI is InChI=1S/C13H16F3N3O2/c1-17-7-8-18(2)12(17,13(14,15)16)9-10-5-3-4-6-11(10)19(20)21/h3-6H,7-9H2,1-2H3. The van der Waals surface area contributed by atoms with E-state index in [1.165, 1.54) is 48.2 Å². The van der Waals surface area contributed by atoms with Crippen LogP contribution >= 0.6 is 0 Å². The Balaban J connectivity index is 2.49. The van der Waals surface area contributed by atoms with Crippen molar-refractivity contribution in [2.75, 3.05) is 27.2 Å². The van der Waals surface area contributed by atoms with E-state index in [1.807, 2.05) is 0 Å². The molecular formula is C13H16F3N3O2. The molecule has 8 heteroatoms. The molecule has 0 N–H and O–H groups in total. The maximum absolute atomic E-state index is 13.7. The number of nitro benzene ring substituents is 1. The molecule has 1 saturated heterocycles. The summed E-state index contributed by atoms with van der Waals surface area (Å²) in [6.45, 7) is 0.521. The van der Waals surface area contributed by atoms with Gasteiger partial charge < -0.3 is 0 Å². The molecule has 0 bridgehead atoms. The van der Waals surface area contributed by atoms with Crippen molar-refractivity contribution in [1.29, 1.82) is 0 Å². The molecule has 0 atom stereocenters. The Hall–Kier alpha value is -1.67. The van der Waals surface area contributed by atoms with Gasteiger partial charge in [-0.1, -0.05) is 18.2 Å². The second-order valence-electron chi connectivity index (χ2n) is 5.22. The molecule has 21 heavy (non-hydrogen) atoms. The van der Waals surface area contributed by atoms with E-state index in [-0.39, 0.29) is 24.3 Å². The van der Waals surface area contributed by atoms with E-state index in [0.29, 0.717) is 0 Å². The molecule has 5 nitrogen and oxygen atoms in total. The van der Waals surface area contributed by atoms with Crippen LogP contribution in [-0.2, 0) is 6.42 Å². The lowest BCUT2D eigenvalue weighted by molar-refractivity contribution is -0.386. The van der Waals surface area contributed by atoms with Crippen LogP contribution < -0.4 is 0 Å². The zero-order valence-corrected chi connectivity index (χ0v) is 11.7. The Morgan fingerprint density at radius 3 is 2.24 bits per heavy atom. The molecule has 1 aliphatic heterocycles. The first-order valence-corrected chi connectivity index (χ1v) is 6.41. The highest BCUT2D eigenvalue weighted by molar-refractivity contribution is 5.41. The minimum Gasteiger partial charge on any atom is -0.279 e. The Morgan fingerprint density at radius 2 is 1.76 bits per heavy atom. The molecule has 0 amide bonds. The van der Waals surface area contributed by atoms with Crippen molar-refractivity contribution in [3.63, 3.8) is 0 Å². The summed E-state index contributed by atoms with van der Waals surface area (Å²) in [7, 11) is 2.79. The number of benzene rings is 1. The van der Waals surface area contributed by atoms with E-state index in [1.54, 1.807) is 0 Å². The molecule has 0 saturated carbocycles. The van der Waals surface area contributed by atoms with Crippen molar-refractivity contribution in [3.05, 3.63) is 39.9 Å². The van der Waals surface area contributed by atoms with Gasteiger partial charge in [0.2, 0.25) is 0 Å². The fraction of sp³-hybridized carbons (Fsp3) is 0.538. The molecule has 116 valence electrons. The van der Waals surface area contributed by atoms with Crippen molar-refractivity contribution in [2.24, 2.45) is 0 Å². The van der Waals surface area contributed by atoms with Crippen LogP contribution in [0.5, 0.6) is 0 Å². The molecule has 0 aliphatic carbocycles. The summed E-state index contributed by atoms with van der Waals surface area (Å²) in [6, 6.07) is 5.57. The molecule has 1 aliphatic rings. The van der Waals surface area contributed by atoms with Crippen LogP contribution in [0, 0.1) is 10.1 Å². The molecule has 1 aromatic carbocycles. The number of hydrogen-bond donors (Lipinski definition) is 0. The smallest absolute Gasteiger partial charge is 0.279 e. The van der Waals surface area contributed by atoms with Crippen molar-refractivity contribution >= 4 is 5.69 Å². The number of nitrogens with zero attached hydrogens (tertiary/aromatic N) is 3. The molecule has 1 fully saturated rings. The highest BCUT2D eigenvalue weighted by Gasteiger charge is 2.62. The average molecular weight is 303 g/mol. The van der Waals surface area contributed by atoms with E-state index in [4.69, 9.17) is 0 Å². The van der Waals surface area contributed by atoms with Crippen LogP contribution in [0.15, 0.2) is 24.3 Å². The molecule has 0 unspecified atom stereocenters. The Kier molecular flexibility index (Phi) is 3.94. The van der Waals surface area contributed by atoms with E-state index in [9.17, 15) is 23.3 Å². The van der Waals surface area contributed by atoms with Crippen molar-refractivity contribution in [1.82, 2.24) is 9.80 Å². The molecule has 0 spiro atoms. The second-order valence-corrected chi connectivity index (χ2v) is 5.22. The number of halogens is 3. The predicted molar refractivity (Wildman–Crippen MR) is 70.8 cm³/mol. The number of alkyl halides is 3. The maximum Gasteiger partial charge on any atom is 0.420 e. The van der Waals surface area contributed by atoms with Crippen LogP contribution in [0.4, 0.5) is 18.9 Å². The van der Waals surface area contributed by atoms with Gasteiger partial charge in [-0.3, -0.25) is 19.9 Å². The van der Waals surface area contributed by atoms with Crippen molar-refractivity contribution in [3.8, 4) is 0 Å². The minimum absolute atomic E-state index is 0.0837. The maximum atomic E-state index is 13.7. The van der Waals surface area contributed by atoms with E-state index in [2.05, 4.69) is 0 Å². The minimum atomic E-state index is -4.52. The van der Waals surface area contributed by atoms with Gasteiger partial charge >= 0.3 is 6.18 Å². The van der Waals surface area contributed by atoms with Crippen molar-refractivity contribution in [2.45, 2.75) is 18.3 Å². The highest BCUT2D eigenvalue weighted by Crippen LogP contribution is 2.43. The predicted octanol–water partition coefficient (Wildman–Crippen LogP) is 2.27. The van der Waals surface area contributed by atoms with Gasteiger partial charge in [0.1, 0.15) is 0 Å². The topological polar surface area (TPSA) is 49.6 Å². The lowest BCUT2D eigenvalue weighted by Crippen LogP contribution is -2.62. The zero-order valence-electron chi connectivity index (χ0n) is 11.7. The zero-order chi connectivity index (χ0) is 15.8. The summed E-state index contributed by atoms with van der Waals surface area (Å²) < 4.78 is 41.0. The molecular weight excluding hydrogens is 287 g/mol. The van der Waals surface area contributed by atoms with Gasteiger partial charge in [-0.2, -0.15) is 13.2 Å². The molecule has 1 heterocycles. The van der Waals surface area contributed by atoms with E-state index < -0.39 is 23.2 Å². The van der Waals surface area contributed by atoms with Crippen molar-refractivity contribution < 1.29 is 18.1 Å².